The van der Waals surface area contributed by atoms with E-state index < -0.39 is 18.2 Å². The van der Waals surface area contributed by atoms with Crippen molar-refractivity contribution < 1.29 is 27.5 Å². The number of amides is 1. The molecule has 7 heteroatoms. The van der Waals surface area contributed by atoms with Gasteiger partial charge in [-0.15, -0.1) is 0 Å². The van der Waals surface area contributed by atoms with Crippen LogP contribution in [0.2, 0.25) is 0 Å². The number of hydrogen-bond acceptors (Lipinski definition) is 3. The Hall–Kier alpha value is -0.820. The molecule has 0 aromatic rings. The highest BCUT2D eigenvalue weighted by Crippen LogP contribution is 2.14. The van der Waals surface area contributed by atoms with Crippen LogP contribution in [0.4, 0.5) is 13.2 Å². The van der Waals surface area contributed by atoms with Gasteiger partial charge in [0.1, 0.15) is 6.10 Å². The maximum atomic E-state index is 11.6. The van der Waals surface area contributed by atoms with Gasteiger partial charge in [0, 0.05) is 13.0 Å². The van der Waals surface area contributed by atoms with Crippen molar-refractivity contribution in [3.05, 3.63) is 0 Å². The van der Waals surface area contributed by atoms with Crippen molar-refractivity contribution in [2.45, 2.75) is 18.7 Å². The van der Waals surface area contributed by atoms with Crippen LogP contribution < -0.4 is 5.48 Å². The first-order valence-electron chi connectivity index (χ1n) is 3.60. The van der Waals surface area contributed by atoms with Crippen LogP contribution in [0.25, 0.3) is 0 Å². The molecule has 1 aliphatic heterocycles. The second-order valence-electron chi connectivity index (χ2n) is 2.53. The van der Waals surface area contributed by atoms with Crippen LogP contribution in [-0.2, 0) is 14.4 Å². The van der Waals surface area contributed by atoms with Crippen molar-refractivity contribution in [1.29, 1.82) is 0 Å². The van der Waals surface area contributed by atoms with E-state index in [0.717, 1.165) is 0 Å². The van der Waals surface area contributed by atoms with E-state index in [1.165, 1.54) is 5.48 Å². The molecule has 0 radical (unpaired) electrons. The minimum Gasteiger partial charge on any atom is -0.379 e. The summed E-state index contributed by atoms with van der Waals surface area (Å²) in [5.41, 5.74) is 1.32. The van der Waals surface area contributed by atoms with Crippen molar-refractivity contribution in [3.8, 4) is 0 Å². The molecule has 1 rings (SSSR count). The lowest BCUT2D eigenvalue weighted by Gasteiger charge is -2.11. The lowest BCUT2D eigenvalue weighted by atomic mass is 10.3. The average Bonchev–Trinajstić information content (AvgIpc) is 2.50. The van der Waals surface area contributed by atoms with Crippen LogP contribution in [0.5, 0.6) is 0 Å². The number of carbonyl (C=O) groups excluding carboxylic acids is 1. The lowest BCUT2D eigenvalue weighted by molar-refractivity contribution is -0.189. The molecule has 0 spiro atoms. The molecule has 13 heavy (non-hydrogen) atoms. The number of carbonyl (C=O) groups is 1. The SMILES string of the molecule is O=C(NOC1CCOC1)C(F)(F)F. The Kier molecular flexibility index (Phi) is 3.10. The summed E-state index contributed by atoms with van der Waals surface area (Å²) in [6.07, 6.45) is -4.90. The normalized spacial score (nSPS) is 23.2. The Morgan fingerprint density at radius 1 is 1.54 bits per heavy atom. The highest BCUT2D eigenvalue weighted by molar-refractivity contribution is 5.80. The van der Waals surface area contributed by atoms with Gasteiger partial charge in [-0.3, -0.25) is 9.63 Å². The molecule has 1 amide bonds. The Bertz CT molecular complexity index is 188. The van der Waals surface area contributed by atoms with Crippen molar-refractivity contribution in [2.24, 2.45) is 0 Å². The largest absolute Gasteiger partial charge is 0.473 e. The van der Waals surface area contributed by atoms with Crippen LogP contribution in [0.3, 0.4) is 0 Å². The quantitative estimate of drug-likeness (QED) is 0.654. The van der Waals surface area contributed by atoms with Gasteiger partial charge in [-0.2, -0.15) is 13.2 Å². The summed E-state index contributed by atoms with van der Waals surface area (Å²) >= 11 is 0. The first kappa shape index (κ1) is 10.3. The summed E-state index contributed by atoms with van der Waals surface area (Å²) < 4.78 is 39.6. The fraction of sp³-hybridized carbons (Fsp3) is 0.833. The standard InChI is InChI=1S/C6H8F3NO3/c7-6(8,9)5(11)10-13-4-1-2-12-3-4/h4H,1-3H2,(H,10,11). The molecule has 1 fully saturated rings. The Morgan fingerprint density at radius 2 is 2.23 bits per heavy atom. The maximum Gasteiger partial charge on any atom is 0.473 e. The third-order valence-corrected chi connectivity index (χ3v) is 1.46. The summed E-state index contributed by atoms with van der Waals surface area (Å²) in [5.74, 6) is -2.10. The number of alkyl halides is 3. The van der Waals surface area contributed by atoms with E-state index in [4.69, 9.17) is 4.74 Å². The molecule has 1 aliphatic rings. The highest BCUT2D eigenvalue weighted by Gasteiger charge is 2.39. The third-order valence-electron chi connectivity index (χ3n) is 1.46. The predicted octanol–water partition coefficient (Wildman–Crippen LogP) is 0.385. The van der Waals surface area contributed by atoms with Gasteiger partial charge < -0.3 is 4.74 Å². The molecule has 1 atom stereocenters. The predicted molar refractivity (Wildman–Crippen MR) is 34.5 cm³/mol. The minimum absolute atomic E-state index is 0.206. The molecule has 0 aromatic carbocycles. The van der Waals surface area contributed by atoms with E-state index in [9.17, 15) is 18.0 Å². The first-order valence-corrected chi connectivity index (χ1v) is 3.60. The summed E-state index contributed by atoms with van der Waals surface area (Å²) in [5, 5.41) is 0. The molecule has 1 saturated heterocycles. The van der Waals surface area contributed by atoms with Gasteiger partial charge >= 0.3 is 12.1 Å². The molecule has 0 aromatic heterocycles. The summed E-state index contributed by atoms with van der Waals surface area (Å²) in [6, 6.07) is 0. The molecule has 76 valence electrons. The number of nitrogens with one attached hydrogen (secondary N) is 1. The van der Waals surface area contributed by atoms with Gasteiger partial charge in [0.25, 0.3) is 0 Å². The number of ether oxygens (including phenoxy) is 1. The molecule has 0 saturated carbocycles. The Morgan fingerprint density at radius 3 is 2.69 bits per heavy atom. The van der Waals surface area contributed by atoms with Gasteiger partial charge in [-0.25, -0.2) is 5.48 Å². The smallest absolute Gasteiger partial charge is 0.379 e. The number of hydroxylamine groups is 1. The zero-order valence-electron chi connectivity index (χ0n) is 6.56. The molecule has 0 bridgehead atoms. The first-order chi connectivity index (χ1) is 6.00. The number of rotatable bonds is 2. The minimum atomic E-state index is -4.90. The second kappa shape index (κ2) is 3.93. The van der Waals surface area contributed by atoms with Crippen LogP contribution in [0, 0.1) is 0 Å². The summed E-state index contributed by atoms with van der Waals surface area (Å²) in [7, 11) is 0. The highest BCUT2D eigenvalue weighted by atomic mass is 19.4. The van der Waals surface area contributed by atoms with E-state index in [2.05, 4.69) is 4.84 Å². The molecule has 0 aliphatic carbocycles. The van der Waals surface area contributed by atoms with Gasteiger partial charge in [0.2, 0.25) is 0 Å². The fourth-order valence-corrected chi connectivity index (χ4v) is 0.801. The van der Waals surface area contributed by atoms with Crippen LogP contribution in [0.1, 0.15) is 6.42 Å². The maximum absolute atomic E-state index is 11.6. The van der Waals surface area contributed by atoms with E-state index in [0.29, 0.717) is 13.0 Å². The molecular formula is C6H8F3NO3. The molecule has 4 nitrogen and oxygen atoms in total. The van der Waals surface area contributed by atoms with E-state index in [1.54, 1.807) is 0 Å². The molecule has 1 unspecified atom stereocenters. The second-order valence-corrected chi connectivity index (χ2v) is 2.53. The lowest BCUT2D eigenvalue weighted by Crippen LogP contribution is -2.39. The van der Waals surface area contributed by atoms with Crippen LogP contribution in [-0.4, -0.2) is 31.4 Å². The van der Waals surface area contributed by atoms with Crippen molar-refractivity contribution in [1.82, 2.24) is 5.48 Å². The van der Waals surface area contributed by atoms with Gasteiger partial charge in [0.05, 0.1) is 6.61 Å². The van der Waals surface area contributed by atoms with Crippen LogP contribution >= 0.6 is 0 Å². The molecule has 1 heterocycles. The topological polar surface area (TPSA) is 47.6 Å². The van der Waals surface area contributed by atoms with Crippen molar-refractivity contribution in [3.63, 3.8) is 0 Å². The zero-order chi connectivity index (χ0) is 9.90. The number of hydrogen-bond donors (Lipinski definition) is 1. The fourth-order valence-electron chi connectivity index (χ4n) is 0.801. The monoisotopic (exact) mass is 199 g/mol. The van der Waals surface area contributed by atoms with E-state index >= 15 is 0 Å². The van der Waals surface area contributed by atoms with Crippen molar-refractivity contribution >= 4 is 5.91 Å². The Labute approximate surface area is 71.9 Å². The third kappa shape index (κ3) is 3.19. The summed E-state index contributed by atoms with van der Waals surface area (Å²) in [6.45, 7) is 0.644. The van der Waals surface area contributed by atoms with E-state index in [1.807, 2.05) is 0 Å². The Balaban J connectivity index is 2.22. The molecular weight excluding hydrogens is 191 g/mol. The van der Waals surface area contributed by atoms with E-state index in [-0.39, 0.29) is 6.61 Å². The van der Waals surface area contributed by atoms with Gasteiger partial charge in [-0.1, -0.05) is 0 Å². The van der Waals surface area contributed by atoms with Gasteiger partial charge in [-0.05, 0) is 0 Å². The van der Waals surface area contributed by atoms with Crippen LogP contribution in [0.15, 0.2) is 0 Å². The van der Waals surface area contributed by atoms with Crippen molar-refractivity contribution in [2.75, 3.05) is 13.2 Å². The average molecular weight is 199 g/mol. The number of halogens is 3. The van der Waals surface area contributed by atoms with Gasteiger partial charge in [0.15, 0.2) is 0 Å². The summed E-state index contributed by atoms with van der Waals surface area (Å²) in [4.78, 5) is 14.7. The zero-order valence-corrected chi connectivity index (χ0v) is 6.56. The molecule has 1 N–H and O–H groups in total.